The van der Waals surface area contributed by atoms with Gasteiger partial charge >= 0.3 is 0 Å². The number of benzene rings is 1. The first-order valence-electron chi connectivity index (χ1n) is 5.07. The van der Waals surface area contributed by atoms with Crippen LogP contribution in [0.5, 0.6) is 0 Å². The van der Waals surface area contributed by atoms with Crippen LogP contribution in [0.1, 0.15) is 31.2 Å². The van der Waals surface area contributed by atoms with Crippen molar-refractivity contribution in [3.8, 4) is 0 Å². The third-order valence-electron chi connectivity index (χ3n) is 2.77. The molecule has 1 unspecified atom stereocenters. The Hall–Kier alpha value is -0.530. The van der Waals surface area contributed by atoms with Gasteiger partial charge in [-0.05, 0) is 30.5 Å². The molecule has 1 nitrogen and oxygen atoms in total. The summed E-state index contributed by atoms with van der Waals surface area (Å²) in [4.78, 5) is 0. The van der Waals surface area contributed by atoms with E-state index in [1.807, 2.05) is 24.3 Å². The van der Waals surface area contributed by atoms with Gasteiger partial charge in [-0.2, -0.15) is 0 Å². The lowest BCUT2D eigenvalue weighted by atomic mass is 9.82. The van der Waals surface area contributed by atoms with Crippen LogP contribution < -0.4 is 0 Å². The summed E-state index contributed by atoms with van der Waals surface area (Å²) in [5.74, 6) is 1.15. The van der Waals surface area contributed by atoms with Gasteiger partial charge in [-0.1, -0.05) is 36.6 Å². The molecular weight excluding hydrogens is 196 g/mol. The van der Waals surface area contributed by atoms with E-state index in [9.17, 15) is 5.11 Å². The van der Waals surface area contributed by atoms with E-state index in [-0.39, 0.29) is 6.10 Å². The highest BCUT2D eigenvalue weighted by Crippen LogP contribution is 2.32. The van der Waals surface area contributed by atoms with E-state index < -0.39 is 0 Å². The molecule has 1 aromatic carbocycles. The molecule has 1 saturated carbocycles. The molecule has 0 bridgehead atoms. The maximum absolute atomic E-state index is 9.83. The molecule has 2 heteroatoms. The minimum Gasteiger partial charge on any atom is -0.392 e. The average molecular weight is 210 g/mol. The molecule has 1 aliphatic carbocycles. The summed E-state index contributed by atoms with van der Waals surface area (Å²) in [5.41, 5.74) is 1.10. The maximum atomic E-state index is 9.83. The first-order chi connectivity index (χ1) is 6.77. The predicted octanol–water partition coefficient (Wildman–Crippen LogP) is 3.20. The lowest BCUT2D eigenvalue weighted by molar-refractivity contribution is 0.157. The number of rotatable bonds is 1. The molecule has 0 spiro atoms. The van der Waals surface area contributed by atoms with Crippen LogP contribution in [0.25, 0.3) is 0 Å². The zero-order chi connectivity index (χ0) is 9.97. The number of aliphatic hydroxyl groups excluding tert-OH is 1. The molecule has 75 valence electrons. The van der Waals surface area contributed by atoms with Crippen LogP contribution >= 0.6 is 11.6 Å². The van der Waals surface area contributed by atoms with Gasteiger partial charge in [-0.25, -0.2) is 0 Å². The van der Waals surface area contributed by atoms with E-state index in [0.717, 1.165) is 35.8 Å². The molecule has 0 aliphatic heterocycles. The third kappa shape index (κ3) is 2.10. The van der Waals surface area contributed by atoms with E-state index >= 15 is 0 Å². The molecule has 14 heavy (non-hydrogen) atoms. The Morgan fingerprint density at radius 2 is 2.14 bits per heavy atom. The van der Waals surface area contributed by atoms with E-state index in [1.165, 1.54) is 6.42 Å². The Morgan fingerprint density at radius 1 is 1.29 bits per heavy atom. The van der Waals surface area contributed by atoms with E-state index in [2.05, 4.69) is 0 Å². The second-order valence-electron chi connectivity index (χ2n) is 3.80. The van der Waals surface area contributed by atoms with Crippen molar-refractivity contribution in [3.05, 3.63) is 40.8 Å². The smallest absolute Gasteiger partial charge is 0.0646 e. The van der Waals surface area contributed by atoms with Crippen molar-refractivity contribution in [2.45, 2.75) is 31.8 Å². The highest BCUT2D eigenvalue weighted by atomic mass is 35.5. The van der Waals surface area contributed by atoms with Crippen molar-refractivity contribution in [3.63, 3.8) is 0 Å². The van der Waals surface area contributed by atoms with Crippen LogP contribution in [0.4, 0.5) is 0 Å². The van der Waals surface area contributed by atoms with Gasteiger partial charge in [0, 0.05) is 10.9 Å². The first kappa shape index (κ1) is 10.0. The molecule has 0 heterocycles. The Bertz CT molecular complexity index is 311. The normalized spacial score (nSPS) is 23.7. The van der Waals surface area contributed by atoms with Gasteiger partial charge in [0.15, 0.2) is 0 Å². The summed E-state index contributed by atoms with van der Waals surface area (Å²) in [6, 6.07) is 7.76. The van der Waals surface area contributed by atoms with Crippen LogP contribution in [0.15, 0.2) is 24.3 Å². The molecule has 1 atom stereocenters. The number of halogens is 1. The molecular formula is C12H14ClO. The van der Waals surface area contributed by atoms with Gasteiger partial charge in [0.2, 0.25) is 0 Å². The molecule has 2 rings (SSSR count). The average Bonchev–Trinajstić information content (AvgIpc) is 2.18. The monoisotopic (exact) mass is 209 g/mol. The van der Waals surface area contributed by atoms with Crippen molar-refractivity contribution in [2.75, 3.05) is 0 Å². The Morgan fingerprint density at radius 3 is 2.86 bits per heavy atom. The van der Waals surface area contributed by atoms with Gasteiger partial charge in [-0.15, -0.1) is 0 Å². The Labute approximate surface area is 89.7 Å². The predicted molar refractivity (Wildman–Crippen MR) is 58.3 cm³/mol. The molecule has 0 amide bonds. The summed E-state index contributed by atoms with van der Waals surface area (Å²) in [6.07, 6.45) is 3.94. The second kappa shape index (κ2) is 4.33. The van der Waals surface area contributed by atoms with Crippen molar-refractivity contribution >= 4 is 11.6 Å². The minimum absolute atomic E-state index is 0.262. The minimum atomic E-state index is -0.262. The summed E-state index contributed by atoms with van der Waals surface area (Å²) in [7, 11) is 0. The van der Waals surface area contributed by atoms with Gasteiger partial charge in [0.1, 0.15) is 0 Å². The summed E-state index contributed by atoms with van der Waals surface area (Å²) >= 11 is 5.92. The second-order valence-corrected chi connectivity index (χ2v) is 4.23. The highest BCUT2D eigenvalue weighted by molar-refractivity contribution is 6.30. The van der Waals surface area contributed by atoms with Crippen molar-refractivity contribution < 1.29 is 5.11 Å². The van der Waals surface area contributed by atoms with Crippen LogP contribution in [0, 0.1) is 5.92 Å². The van der Waals surface area contributed by atoms with E-state index in [0.29, 0.717) is 0 Å². The molecule has 0 saturated heterocycles. The quantitative estimate of drug-likeness (QED) is 0.753. The van der Waals surface area contributed by atoms with Crippen molar-refractivity contribution in [1.82, 2.24) is 0 Å². The highest BCUT2D eigenvalue weighted by Gasteiger charge is 2.25. The molecule has 1 radical (unpaired) electrons. The number of aliphatic hydroxyl groups is 1. The Kier molecular flexibility index (Phi) is 3.09. The standard InChI is InChI=1S/C12H14ClO/c13-10-5-3-4-9(8-10)11-6-1-2-7-12(11)14/h3-5,8,12,14H,1-2,6-7H2. The molecule has 0 aromatic heterocycles. The molecule has 1 N–H and O–H groups in total. The first-order valence-corrected chi connectivity index (χ1v) is 5.45. The number of hydrogen-bond acceptors (Lipinski definition) is 1. The fraction of sp³-hybridized carbons (Fsp3) is 0.417. The van der Waals surface area contributed by atoms with Gasteiger partial charge in [-0.3, -0.25) is 0 Å². The lowest BCUT2D eigenvalue weighted by Crippen LogP contribution is -2.23. The van der Waals surface area contributed by atoms with Crippen molar-refractivity contribution in [2.24, 2.45) is 0 Å². The Balaban J connectivity index is 2.20. The van der Waals surface area contributed by atoms with E-state index in [4.69, 9.17) is 11.6 Å². The van der Waals surface area contributed by atoms with Gasteiger partial charge in [0.05, 0.1) is 6.10 Å². The number of hydrogen-bond donors (Lipinski definition) is 1. The van der Waals surface area contributed by atoms with Crippen LogP contribution in [0.3, 0.4) is 0 Å². The topological polar surface area (TPSA) is 20.2 Å². The van der Waals surface area contributed by atoms with Gasteiger partial charge < -0.3 is 5.11 Å². The summed E-state index contributed by atoms with van der Waals surface area (Å²) in [5, 5.41) is 10.6. The van der Waals surface area contributed by atoms with Crippen LogP contribution in [-0.4, -0.2) is 11.2 Å². The zero-order valence-corrected chi connectivity index (χ0v) is 8.80. The van der Waals surface area contributed by atoms with Crippen LogP contribution in [-0.2, 0) is 0 Å². The summed E-state index contributed by atoms with van der Waals surface area (Å²) < 4.78 is 0. The molecule has 1 fully saturated rings. The summed E-state index contributed by atoms with van der Waals surface area (Å²) in [6.45, 7) is 0. The zero-order valence-electron chi connectivity index (χ0n) is 8.04. The van der Waals surface area contributed by atoms with Gasteiger partial charge in [0.25, 0.3) is 0 Å². The van der Waals surface area contributed by atoms with Crippen LogP contribution in [0.2, 0.25) is 5.02 Å². The lowest BCUT2D eigenvalue weighted by Gasteiger charge is -2.27. The third-order valence-corrected chi connectivity index (χ3v) is 3.01. The fourth-order valence-electron chi connectivity index (χ4n) is 2.02. The maximum Gasteiger partial charge on any atom is 0.0646 e. The molecule has 1 aliphatic rings. The molecule has 1 aromatic rings. The SMILES string of the molecule is OC1CCCC[C]1c1cccc(Cl)c1. The largest absolute Gasteiger partial charge is 0.392 e. The van der Waals surface area contributed by atoms with Crippen molar-refractivity contribution in [1.29, 1.82) is 0 Å². The fourth-order valence-corrected chi connectivity index (χ4v) is 2.21. The van der Waals surface area contributed by atoms with E-state index in [1.54, 1.807) is 0 Å².